The highest BCUT2D eigenvalue weighted by Crippen LogP contribution is 2.31. The van der Waals surface area contributed by atoms with Gasteiger partial charge in [-0.05, 0) is 35.9 Å². The lowest BCUT2D eigenvalue weighted by atomic mass is 10.0. The van der Waals surface area contributed by atoms with Gasteiger partial charge in [0.2, 0.25) is 0 Å². The van der Waals surface area contributed by atoms with Gasteiger partial charge >= 0.3 is 0 Å². The lowest BCUT2D eigenvalue weighted by Gasteiger charge is -2.06. The first kappa shape index (κ1) is 12.1. The van der Waals surface area contributed by atoms with Crippen LogP contribution < -0.4 is 0 Å². The number of benzene rings is 2. The van der Waals surface area contributed by atoms with Crippen molar-refractivity contribution >= 4 is 29.5 Å². The van der Waals surface area contributed by atoms with E-state index >= 15 is 0 Å². The van der Waals surface area contributed by atoms with Crippen LogP contribution in [0, 0.1) is 5.82 Å². The smallest absolute Gasteiger partial charge is 0.153 e. The van der Waals surface area contributed by atoms with Crippen LogP contribution in [0.2, 0.25) is 10.0 Å². The monoisotopic (exact) mass is 268 g/mol. The number of hydrogen-bond acceptors (Lipinski definition) is 1. The summed E-state index contributed by atoms with van der Waals surface area (Å²) in [5.74, 6) is -0.554. The molecule has 0 aliphatic carbocycles. The minimum absolute atomic E-state index is 0.00135. The van der Waals surface area contributed by atoms with E-state index in [0.717, 1.165) is 0 Å². The molecule has 0 aromatic heterocycles. The van der Waals surface area contributed by atoms with Crippen molar-refractivity contribution < 1.29 is 9.18 Å². The minimum atomic E-state index is -0.554. The van der Waals surface area contributed by atoms with Crippen LogP contribution in [0.1, 0.15) is 10.4 Å². The van der Waals surface area contributed by atoms with Crippen molar-refractivity contribution in [2.45, 2.75) is 0 Å². The predicted molar refractivity (Wildman–Crippen MR) is 67.2 cm³/mol. The van der Waals surface area contributed by atoms with E-state index in [0.29, 0.717) is 27.5 Å². The fourth-order valence-corrected chi connectivity index (χ4v) is 1.92. The highest BCUT2D eigenvalue weighted by molar-refractivity contribution is 6.35. The van der Waals surface area contributed by atoms with Crippen molar-refractivity contribution in [3.05, 3.63) is 57.8 Å². The highest BCUT2D eigenvalue weighted by Gasteiger charge is 2.08. The molecule has 0 fully saturated rings. The molecular weight excluding hydrogens is 262 g/mol. The molecule has 86 valence electrons. The van der Waals surface area contributed by atoms with E-state index in [1.54, 1.807) is 24.3 Å². The summed E-state index contributed by atoms with van der Waals surface area (Å²) in [7, 11) is 0. The molecule has 4 heteroatoms. The van der Waals surface area contributed by atoms with Crippen molar-refractivity contribution in [3.8, 4) is 11.1 Å². The Morgan fingerprint density at radius 2 is 1.82 bits per heavy atom. The van der Waals surface area contributed by atoms with E-state index < -0.39 is 5.82 Å². The van der Waals surface area contributed by atoms with Crippen LogP contribution in [0.15, 0.2) is 36.4 Å². The molecule has 0 aliphatic heterocycles. The Labute approximate surface area is 108 Å². The summed E-state index contributed by atoms with van der Waals surface area (Å²) in [4.78, 5) is 10.7. The van der Waals surface area contributed by atoms with Gasteiger partial charge in [0, 0.05) is 15.6 Å². The number of hydrogen-bond donors (Lipinski definition) is 0. The molecule has 2 rings (SSSR count). The molecule has 0 saturated heterocycles. The van der Waals surface area contributed by atoms with Gasteiger partial charge in [0.1, 0.15) is 5.82 Å². The third kappa shape index (κ3) is 2.48. The Morgan fingerprint density at radius 1 is 1.06 bits per heavy atom. The predicted octanol–water partition coefficient (Wildman–Crippen LogP) is 4.61. The number of rotatable bonds is 2. The van der Waals surface area contributed by atoms with Crippen molar-refractivity contribution in [1.82, 2.24) is 0 Å². The highest BCUT2D eigenvalue weighted by atomic mass is 35.5. The van der Waals surface area contributed by atoms with Crippen LogP contribution in [-0.4, -0.2) is 6.29 Å². The summed E-state index contributed by atoms with van der Waals surface area (Å²) in [6.45, 7) is 0. The molecule has 0 saturated carbocycles. The maximum atomic E-state index is 13.2. The zero-order valence-corrected chi connectivity index (χ0v) is 10.1. The summed E-state index contributed by atoms with van der Waals surface area (Å²) in [6, 6.07) is 9.22. The molecule has 0 atom stereocenters. The summed E-state index contributed by atoms with van der Waals surface area (Å²) in [5.41, 5.74) is 1.32. The summed E-state index contributed by atoms with van der Waals surface area (Å²) in [5, 5.41) is 1.03. The standard InChI is InChI=1S/C13H7Cl2FO/c14-10-2-3-12(15)11(6-10)8-1-4-13(16)9(5-8)7-17/h1-7H. The topological polar surface area (TPSA) is 17.1 Å². The number of carbonyl (C=O) groups is 1. The molecule has 0 bridgehead atoms. The van der Waals surface area contributed by atoms with E-state index in [4.69, 9.17) is 23.2 Å². The van der Waals surface area contributed by atoms with E-state index in [9.17, 15) is 9.18 Å². The van der Waals surface area contributed by atoms with Crippen LogP contribution >= 0.6 is 23.2 Å². The average Bonchev–Trinajstić information content (AvgIpc) is 2.33. The van der Waals surface area contributed by atoms with Crippen molar-refractivity contribution in [3.63, 3.8) is 0 Å². The van der Waals surface area contributed by atoms with Crippen molar-refractivity contribution in [2.75, 3.05) is 0 Å². The molecular formula is C13H7Cl2FO. The first-order chi connectivity index (χ1) is 8.11. The fraction of sp³-hybridized carbons (Fsp3) is 0. The minimum Gasteiger partial charge on any atom is -0.298 e. The molecule has 0 spiro atoms. The van der Waals surface area contributed by atoms with Gasteiger partial charge in [-0.3, -0.25) is 4.79 Å². The van der Waals surface area contributed by atoms with Crippen LogP contribution in [0.4, 0.5) is 4.39 Å². The number of carbonyl (C=O) groups excluding carboxylic acids is 1. The molecule has 17 heavy (non-hydrogen) atoms. The maximum Gasteiger partial charge on any atom is 0.153 e. The molecule has 0 heterocycles. The van der Waals surface area contributed by atoms with E-state index in [1.165, 1.54) is 12.1 Å². The lowest BCUT2D eigenvalue weighted by Crippen LogP contribution is -1.89. The summed E-state index contributed by atoms with van der Waals surface area (Å²) >= 11 is 11.9. The molecule has 0 aliphatic rings. The van der Waals surface area contributed by atoms with Gasteiger partial charge < -0.3 is 0 Å². The summed E-state index contributed by atoms with van der Waals surface area (Å²) < 4.78 is 13.2. The van der Waals surface area contributed by atoms with Gasteiger partial charge in [0.15, 0.2) is 6.29 Å². The second kappa shape index (κ2) is 4.86. The molecule has 0 amide bonds. The van der Waals surface area contributed by atoms with Gasteiger partial charge in [-0.25, -0.2) is 4.39 Å². The van der Waals surface area contributed by atoms with Crippen LogP contribution in [0.25, 0.3) is 11.1 Å². The summed E-state index contributed by atoms with van der Waals surface area (Å²) in [6.07, 6.45) is 0.470. The Bertz CT molecular complexity index is 582. The van der Waals surface area contributed by atoms with Gasteiger partial charge in [-0.15, -0.1) is 0 Å². The van der Waals surface area contributed by atoms with Gasteiger partial charge in [-0.1, -0.05) is 29.3 Å². The van der Waals surface area contributed by atoms with Crippen molar-refractivity contribution in [2.24, 2.45) is 0 Å². The quantitative estimate of drug-likeness (QED) is 0.727. The Hall–Kier alpha value is -1.38. The second-order valence-electron chi connectivity index (χ2n) is 3.48. The Kier molecular flexibility index (Phi) is 3.46. The van der Waals surface area contributed by atoms with Gasteiger partial charge in [0.25, 0.3) is 0 Å². The third-order valence-electron chi connectivity index (χ3n) is 2.36. The van der Waals surface area contributed by atoms with Gasteiger partial charge in [0.05, 0.1) is 5.56 Å². The normalized spacial score (nSPS) is 10.3. The second-order valence-corrected chi connectivity index (χ2v) is 4.32. The Balaban J connectivity index is 2.60. The molecule has 0 radical (unpaired) electrons. The van der Waals surface area contributed by atoms with E-state index in [2.05, 4.69) is 0 Å². The third-order valence-corrected chi connectivity index (χ3v) is 2.93. The number of halogens is 3. The largest absolute Gasteiger partial charge is 0.298 e. The molecule has 2 aromatic carbocycles. The number of aldehydes is 1. The van der Waals surface area contributed by atoms with Gasteiger partial charge in [-0.2, -0.15) is 0 Å². The first-order valence-electron chi connectivity index (χ1n) is 4.82. The molecule has 2 aromatic rings. The van der Waals surface area contributed by atoms with Crippen LogP contribution in [0.5, 0.6) is 0 Å². The average molecular weight is 269 g/mol. The zero-order chi connectivity index (χ0) is 12.4. The van der Waals surface area contributed by atoms with E-state index in [-0.39, 0.29) is 5.56 Å². The Morgan fingerprint density at radius 3 is 2.53 bits per heavy atom. The van der Waals surface area contributed by atoms with Crippen LogP contribution in [-0.2, 0) is 0 Å². The van der Waals surface area contributed by atoms with Crippen LogP contribution in [0.3, 0.4) is 0 Å². The lowest BCUT2D eigenvalue weighted by molar-refractivity contribution is 0.112. The molecule has 1 nitrogen and oxygen atoms in total. The first-order valence-corrected chi connectivity index (χ1v) is 5.57. The fourth-order valence-electron chi connectivity index (χ4n) is 1.52. The van der Waals surface area contributed by atoms with E-state index in [1.807, 2.05) is 0 Å². The van der Waals surface area contributed by atoms with Crippen molar-refractivity contribution in [1.29, 1.82) is 0 Å². The zero-order valence-electron chi connectivity index (χ0n) is 8.58. The molecule has 0 unspecified atom stereocenters. The SMILES string of the molecule is O=Cc1cc(-c2cc(Cl)ccc2Cl)ccc1F. The maximum absolute atomic E-state index is 13.2. The molecule has 0 N–H and O–H groups in total.